The molecule has 0 radical (unpaired) electrons. The quantitative estimate of drug-likeness (QED) is 0.471. The van der Waals surface area contributed by atoms with Gasteiger partial charge in [0.25, 0.3) is 0 Å². The molecule has 0 saturated carbocycles. The van der Waals surface area contributed by atoms with Crippen LogP contribution in [0.2, 0.25) is 0 Å². The molecule has 1 aromatic heterocycles. The molecule has 6 heteroatoms. The molecule has 1 aromatic rings. The molecule has 0 amide bonds. The summed E-state index contributed by atoms with van der Waals surface area (Å²) in [7, 11) is 0. The normalized spacial score (nSPS) is 7.30. The van der Waals surface area contributed by atoms with Gasteiger partial charge in [0.15, 0.2) is 0 Å². The van der Waals surface area contributed by atoms with Gasteiger partial charge in [-0.2, -0.15) is 0 Å². The van der Waals surface area contributed by atoms with Gasteiger partial charge in [0.1, 0.15) is 0 Å². The van der Waals surface area contributed by atoms with Crippen LogP contribution in [0.25, 0.3) is 0 Å². The molecule has 0 aromatic carbocycles. The van der Waals surface area contributed by atoms with Crippen molar-refractivity contribution in [3.05, 3.63) is 11.4 Å². The number of hydrogen-bond donors (Lipinski definition) is 0. The molecule has 0 saturated heterocycles. The first-order chi connectivity index (χ1) is 3.84. The minimum atomic E-state index is 0. The Bertz CT molecular complexity index is 202. The van der Waals surface area contributed by atoms with Crippen molar-refractivity contribution >= 4 is 6.29 Å². The maximum absolute atomic E-state index is 9.82. The molecule has 0 aliphatic carbocycles. The second kappa shape index (κ2) is 6.98. The van der Waals surface area contributed by atoms with Gasteiger partial charge in [-0.1, -0.05) is 12.6 Å². The van der Waals surface area contributed by atoms with E-state index in [0.717, 1.165) is 0 Å². The molecule has 1 heterocycles. The van der Waals surface area contributed by atoms with Crippen molar-refractivity contribution in [3.63, 3.8) is 0 Å². The van der Waals surface area contributed by atoms with Crippen molar-refractivity contribution in [2.45, 2.75) is 6.92 Å². The second-order valence-electron chi connectivity index (χ2n) is 1.33. The fraction of sp³-hybridized carbons (Fsp3) is 0.250. The first-order valence-electron chi connectivity index (χ1n) is 2.05. The van der Waals surface area contributed by atoms with E-state index in [1.54, 1.807) is 13.2 Å². The van der Waals surface area contributed by atoms with Crippen LogP contribution in [-0.4, -0.2) is 16.5 Å². The van der Waals surface area contributed by atoms with Gasteiger partial charge in [-0.15, -0.1) is 5.69 Å². The third-order valence-electron chi connectivity index (χ3n) is 0.779. The third-order valence-corrected chi connectivity index (χ3v) is 0.779. The summed E-state index contributed by atoms with van der Waals surface area (Å²) in [4.78, 5) is 9.82. The molecule has 0 atom stereocenters. The summed E-state index contributed by atoms with van der Waals surface area (Å²) in [6, 6.07) is 0. The maximum Gasteiger partial charge on any atom is 1.00 e. The van der Waals surface area contributed by atoms with Gasteiger partial charge in [0.2, 0.25) is 0 Å². The fourth-order valence-corrected chi connectivity index (χ4v) is 0.348. The van der Waals surface area contributed by atoms with Crippen LogP contribution in [0.3, 0.4) is 0 Å². The Morgan fingerprint density at radius 2 is 2.10 bits per heavy atom. The number of rotatable bonds is 1. The summed E-state index contributed by atoms with van der Waals surface area (Å²) >= 11 is 0. The first kappa shape index (κ1) is 13.9. The molecule has 0 N–H and O–H groups in total. The van der Waals surface area contributed by atoms with Crippen LogP contribution in [0.5, 0.6) is 0 Å². The first-order valence-corrected chi connectivity index (χ1v) is 2.05. The minimum Gasteiger partial charge on any atom is -0.515 e. The number of aromatic nitrogens is 3. The SMILES string of the molecule is Cc1n[n-]nc1[C-]=O.[Rb+].[W]. The van der Waals surface area contributed by atoms with Crippen molar-refractivity contribution in [1.29, 1.82) is 0 Å². The number of carbonyl (C=O) groups excluding carboxylic acids is 1. The molecule has 10 heavy (non-hydrogen) atoms. The van der Waals surface area contributed by atoms with E-state index in [0.29, 0.717) is 5.69 Å². The standard InChI is InChI=1S/C4H3N3O.Rb.W/c1-3-4(2-8)6-7-5-3;;/h1H3;;/q-2;+1;. The van der Waals surface area contributed by atoms with E-state index in [2.05, 4.69) is 15.4 Å². The van der Waals surface area contributed by atoms with E-state index >= 15 is 0 Å². The molecule has 0 bridgehead atoms. The van der Waals surface area contributed by atoms with Crippen LogP contribution in [0, 0.1) is 6.92 Å². The molecular weight excluding hydrogens is 375 g/mol. The molecule has 0 fully saturated rings. The van der Waals surface area contributed by atoms with Gasteiger partial charge >= 0.3 is 58.2 Å². The molecule has 0 aliphatic rings. The summed E-state index contributed by atoms with van der Waals surface area (Å²) in [6.07, 6.45) is 1.59. The predicted octanol–water partition coefficient (Wildman–Crippen LogP) is -3.80. The van der Waals surface area contributed by atoms with E-state index in [1.165, 1.54) is 0 Å². The average Bonchev–Trinajstić information content (AvgIpc) is 2.14. The van der Waals surface area contributed by atoms with E-state index < -0.39 is 0 Å². The van der Waals surface area contributed by atoms with Gasteiger partial charge in [-0.3, -0.25) is 0 Å². The Morgan fingerprint density at radius 1 is 1.50 bits per heavy atom. The summed E-state index contributed by atoms with van der Waals surface area (Å²) in [5.41, 5.74) is 0.727. The minimum absolute atomic E-state index is 0. The van der Waals surface area contributed by atoms with Crippen molar-refractivity contribution in [3.8, 4) is 0 Å². The Hall–Kier alpha value is 1.30. The second-order valence-corrected chi connectivity index (χ2v) is 1.33. The number of aryl methyl sites for hydroxylation is 1. The Kier molecular flexibility index (Phi) is 9.68. The molecule has 1 rings (SSSR count). The summed E-state index contributed by atoms with van der Waals surface area (Å²) < 4.78 is 0. The van der Waals surface area contributed by atoms with Crippen molar-refractivity contribution in [2.24, 2.45) is 0 Å². The number of hydrogen-bond acceptors (Lipinski definition) is 3. The van der Waals surface area contributed by atoms with Crippen molar-refractivity contribution in [2.75, 3.05) is 0 Å². The smallest absolute Gasteiger partial charge is 0.515 e. The van der Waals surface area contributed by atoms with Crippen LogP contribution in [-0.2, 0) is 25.9 Å². The summed E-state index contributed by atoms with van der Waals surface area (Å²) in [5, 5.41) is 10.0. The van der Waals surface area contributed by atoms with E-state index in [-0.39, 0.29) is 84.9 Å². The van der Waals surface area contributed by atoms with Crippen LogP contribution < -0.4 is 63.4 Å². The summed E-state index contributed by atoms with van der Waals surface area (Å²) in [6.45, 7) is 1.65. The largest absolute Gasteiger partial charge is 1.00 e. The Morgan fingerprint density at radius 3 is 2.30 bits per heavy atom. The average molecular weight is 378 g/mol. The topological polar surface area (TPSA) is 57.0 Å². The Labute approximate surface area is 122 Å². The third kappa shape index (κ3) is 3.62. The van der Waals surface area contributed by atoms with Gasteiger partial charge < -0.3 is 20.2 Å². The van der Waals surface area contributed by atoms with Gasteiger partial charge in [-0.25, -0.2) is 0 Å². The van der Waals surface area contributed by atoms with Gasteiger partial charge in [0, 0.05) is 27.4 Å². The summed E-state index contributed by atoms with van der Waals surface area (Å²) in [5.74, 6) is 0. The molecule has 0 aliphatic heterocycles. The van der Waals surface area contributed by atoms with E-state index in [1.807, 2.05) is 0 Å². The molecule has 48 valence electrons. The van der Waals surface area contributed by atoms with Crippen LogP contribution in [0.4, 0.5) is 0 Å². The zero-order chi connectivity index (χ0) is 5.98. The molecule has 0 spiro atoms. The Balaban J connectivity index is 0. The zero-order valence-corrected chi connectivity index (χ0v) is 13.5. The van der Waals surface area contributed by atoms with Crippen LogP contribution in [0.15, 0.2) is 0 Å². The van der Waals surface area contributed by atoms with Crippen LogP contribution in [0.1, 0.15) is 11.4 Å². The van der Waals surface area contributed by atoms with Crippen molar-refractivity contribution in [1.82, 2.24) is 15.4 Å². The van der Waals surface area contributed by atoms with Crippen LogP contribution >= 0.6 is 0 Å². The monoisotopic (exact) mass is 378 g/mol. The van der Waals surface area contributed by atoms with Gasteiger partial charge in [0.05, 0.1) is 0 Å². The number of nitrogens with zero attached hydrogens (tertiary/aromatic N) is 3. The van der Waals surface area contributed by atoms with Gasteiger partial charge in [-0.05, 0) is 0 Å². The van der Waals surface area contributed by atoms with E-state index in [9.17, 15) is 4.79 Å². The fourth-order valence-electron chi connectivity index (χ4n) is 0.348. The maximum atomic E-state index is 9.82. The molecular formula is C4H3N3ORbW-. The van der Waals surface area contributed by atoms with Crippen molar-refractivity contribution < 1.29 is 84.0 Å². The molecule has 0 unspecified atom stereocenters. The predicted molar refractivity (Wildman–Crippen MR) is 24.9 cm³/mol. The zero-order valence-electron chi connectivity index (χ0n) is 5.66. The molecule has 4 nitrogen and oxygen atoms in total. The van der Waals surface area contributed by atoms with E-state index in [4.69, 9.17) is 0 Å².